The Balaban J connectivity index is 3.71. The molecule has 0 bridgehead atoms. The standard InChI is InChI=1S/C9H13F3O/c1-7(2)5-4-6-8(3)13-9(10,11)12/h5H,3-4,6H2,1-2H3. The smallest absolute Gasteiger partial charge is 0.411 e. The summed E-state index contributed by atoms with van der Waals surface area (Å²) in [5.74, 6) is -0.245. The molecule has 4 heteroatoms. The molecule has 0 radical (unpaired) electrons. The molecular weight excluding hydrogens is 181 g/mol. The quantitative estimate of drug-likeness (QED) is 0.488. The normalized spacial score (nSPS) is 10.8. The van der Waals surface area contributed by atoms with E-state index in [1.807, 2.05) is 19.9 Å². The molecule has 0 aromatic carbocycles. The van der Waals surface area contributed by atoms with Crippen molar-refractivity contribution in [1.82, 2.24) is 0 Å². The van der Waals surface area contributed by atoms with Gasteiger partial charge in [0.15, 0.2) is 0 Å². The zero-order valence-electron chi connectivity index (χ0n) is 7.74. The maximum atomic E-state index is 11.6. The van der Waals surface area contributed by atoms with Gasteiger partial charge in [0.1, 0.15) is 0 Å². The van der Waals surface area contributed by atoms with Gasteiger partial charge in [-0.15, -0.1) is 13.2 Å². The van der Waals surface area contributed by atoms with Gasteiger partial charge in [-0.1, -0.05) is 18.2 Å². The minimum Gasteiger partial charge on any atom is -0.411 e. The minimum absolute atomic E-state index is 0.199. The van der Waals surface area contributed by atoms with Gasteiger partial charge in [-0.2, -0.15) is 0 Å². The molecule has 0 aromatic heterocycles. The van der Waals surface area contributed by atoms with Gasteiger partial charge < -0.3 is 4.74 Å². The van der Waals surface area contributed by atoms with Crippen molar-refractivity contribution < 1.29 is 17.9 Å². The molecule has 0 rings (SSSR count). The van der Waals surface area contributed by atoms with Gasteiger partial charge in [0.25, 0.3) is 0 Å². The summed E-state index contributed by atoms with van der Waals surface area (Å²) < 4.78 is 38.4. The first-order valence-corrected chi connectivity index (χ1v) is 3.88. The third kappa shape index (κ3) is 8.98. The molecule has 0 fully saturated rings. The van der Waals surface area contributed by atoms with Crippen LogP contribution in [-0.4, -0.2) is 6.36 Å². The molecule has 0 spiro atoms. The molecule has 0 saturated carbocycles. The summed E-state index contributed by atoms with van der Waals surface area (Å²) >= 11 is 0. The van der Waals surface area contributed by atoms with Crippen LogP contribution < -0.4 is 0 Å². The molecule has 1 nitrogen and oxygen atoms in total. The van der Waals surface area contributed by atoms with Crippen LogP contribution in [0.5, 0.6) is 0 Å². The first-order chi connectivity index (χ1) is 5.81. The lowest BCUT2D eigenvalue weighted by atomic mass is 10.2. The summed E-state index contributed by atoms with van der Waals surface area (Å²) in [4.78, 5) is 0. The number of halogens is 3. The topological polar surface area (TPSA) is 9.23 Å². The Hall–Kier alpha value is -0.930. The van der Waals surface area contributed by atoms with Crippen molar-refractivity contribution in [1.29, 1.82) is 0 Å². The van der Waals surface area contributed by atoms with Crippen LogP contribution in [0.2, 0.25) is 0 Å². The number of allylic oxidation sites excluding steroid dienone is 3. The van der Waals surface area contributed by atoms with Crippen LogP contribution in [0.4, 0.5) is 13.2 Å². The minimum atomic E-state index is -4.61. The monoisotopic (exact) mass is 194 g/mol. The Morgan fingerprint density at radius 3 is 2.31 bits per heavy atom. The first kappa shape index (κ1) is 12.1. The highest BCUT2D eigenvalue weighted by Crippen LogP contribution is 2.22. The van der Waals surface area contributed by atoms with Crippen LogP contribution in [0.15, 0.2) is 24.0 Å². The third-order valence-corrected chi connectivity index (χ3v) is 1.24. The predicted octanol–water partition coefficient (Wildman–Crippen LogP) is 3.78. The van der Waals surface area contributed by atoms with Gasteiger partial charge in [0.2, 0.25) is 0 Å². The van der Waals surface area contributed by atoms with E-state index in [2.05, 4.69) is 11.3 Å². The van der Waals surface area contributed by atoms with Crippen molar-refractivity contribution in [2.75, 3.05) is 0 Å². The van der Waals surface area contributed by atoms with Crippen LogP contribution >= 0.6 is 0 Å². The van der Waals surface area contributed by atoms with Gasteiger partial charge in [-0.25, -0.2) is 0 Å². The Morgan fingerprint density at radius 2 is 1.92 bits per heavy atom. The van der Waals surface area contributed by atoms with Gasteiger partial charge in [0, 0.05) is 6.42 Å². The van der Waals surface area contributed by atoms with Gasteiger partial charge in [0.05, 0.1) is 5.76 Å². The molecular formula is C9H13F3O. The highest BCUT2D eigenvalue weighted by atomic mass is 19.4. The maximum absolute atomic E-state index is 11.6. The Morgan fingerprint density at radius 1 is 1.38 bits per heavy atom. The van der Waals surface area contributed by atoms with Crippen LogP contribution in [0, 0.1) is 0 Å². The molecule has 0 aliphatic heterocycles. The number of hydrogen-bond donors (Lipinski definition) is 0. The number of alkyl halides is 3. The third-order valence-electron chi connectivity index (χ3n) is 1.24. The van der Waals surface area contributed by atoms with Crippen molar-refractivity contribution in [3.63, 3.8) is 0 Å². The van der Waals surface area contributed by atoms with Crippen LogP contribution in [0.3, 0.4) is 0 Å². The van der Waals surface area contributed by atoms with E-state index in [0.717, 1.165) is 5.57 Å². The van der Waals surface area contributed by atoms with E-state index in [-0.39, 0.29) is 12.2 Å². The predicted molar refractivity (Wildman–Crippen MR) is 44.9 cm³/mol. The van der Waals surface area contributed by atoms with Crippen molar-refractivity contribution in [2.45, 2.75) is 33.1 Å². The molecule has 0 atom stereocenters. The molecule has 0 heterocycles. The van der Waals surface area contributed by atoms with E-state index in [4.69, 9.17) is 0 Å². The van der Waals surface area contributed by atoms with E-state index < -0.39 is 6.36 Å². The fourth-order valence-electron chi connectivity index (χ4n) is 0.737. The van der Waals surface area contributed by atoms with Gasteiger partial charge >= 0.3 is 6.36 Å². The molecule has 0 saturated heterocycles. The maximum Gasteiger partial charge on any atom is 0.572 e. The Kier molecular flexibility index (Phi) is 4.59. The van der Waals surface area contributed by atoms with Crippen molar-refractivity contribution in [3.05, 3.63) is 24.0 Å². The lowest BCUT2D eigenvalue weighted by Gasteiger charge is -2.09. The fraction of sp³-hybridized carbons (Fsp3) is 0.556. The van der Waals surface area contributed by atoms with Gasteiger partial charge in [-0.3, -0.25) is 0 Å². The van der Waals surface area contributed by atoms with Crippen LogP contribution in [-0.2, 0) is 4.74 Å². The van der Waals surface area contributed by atoms with Crippen LogP contribution in [0.25, 0.3) is 0 Å². The molecule has 0 aliphatic rings. The molecule has 0 aliphatic carbocycles. The highest BCUT2D eigenvalue weighted by molar-refractivity contribution is 4.96. The molecule has 0 amide bonds. The molecule has 13 heavy (non-hydrogen) atoms. The molecule has 76 valence electrons. The zero-order valence-corrected chi connectivity index (χ0v) is 7.74. The lowest BCUT2D eigenvalue weighted by molar-refractivity contribution is -0.306. The molecule has 0 aromatic rings. The van der Waals surface area contributed by atoms with Crippen molar-refractivity contribution >= 4 is 0 Å². The summed E-state index contributed by atoms with van der Waals surface area (Å²) in [6.07, 6.45) is -2.05. The average Bonchev–Trinajstić information content (AvgIpc) is 1.81. The second kappa shape index (κ2) is 4.94. The lowest BCUT2D eigenvalue weighted by Crippen LogP contribution is -2.12. The average molecular weight is 194 g/mol. The number of hydrogen-bond acceptors (Lipinski definition) is 1. The van der Waals surface area contributed by atoms with Crippen molar-refractivity contribution in [3.8, 4) is 0 Å². The summed E-state index contributed by atoms with van der Waals surface area (Å²) in [6, 6.07) is 0. The molecule has 0 N–H and O–H groups in total. The summed E-state index contributed by atoms with van der Waals surface area (Å²) in [7, 11) is 0. The fourth-order valence-corrected chi connectivity index (χ4v) is 0.737. The summed E-state index contributed by atoms with van der Waals surface area (Å²) in [5, 5.41) is 0. The van der Waals surface area contributed by atoms with E-state index in [9.17, 15) is 13.2 Å². The second-order valence-electron chi connectivity index (χ2n) is 2.91. The van der Waals surface area contributed by atoms with E-state index in [1.165, 1.54) is 0 Å². The summed E-state index contributed by atoms with van der Waals surface area (Å²) in [6.45, 7) is 6.93. The van der Waals surface area contributed by atoms with E-state index in [1.54, 1.807) is 0 Å². The SMILES string of the molecule is C=C(CCC=C(C)C)OC(F)(F)F. The summed E-state index contributed by atoms with van der Waals surface area (Å²) in [5.41, 5.74) is 1.07. The largest absolute Gasteiger partial charge is 0.572 e. The zero-order chi connectivity index (χ0) is 10.5. The first-order valence-electron chi connectivity index (χ1n) is 3.88. The molecule has 0 unspecified atom stereocenters. The van der Waals surface area contributed by atoms with Crippen LogP contribution in [0.1, 0.15) is 26.7 Å². The number of rotatable bonds is 4. The van der Waals surface area contributed by atoms with Gasteiger partial charge in [-0.05, 0) is 20.3 Å². The highest BCUT2D eigenvalue weighted by Gasteiger charge is 2.31. The number of ether oxygens (including phenoxy) is 1. The van der Waals surface area contributed by atoms with E-state index in [0.29, 0.717) is 6.42 Å². The second-order valence-corrected chi connectivity index (χ2v) is 2.91. The Bertz CT molecular complexity index is 199. The Labute approximate surface area is 75.9 Å². The van der Waals surface area contributed by atoms with E-state index >= 15 is 0 Å². The van der Waals surface area contributed by atoms with Crippen molar-refractivity contribution in [2.24, 2.45) is 0 Å².